The number of sulfonamides is 1. The molecule has 0 aliphatic rings. The van der Waals surface area contributed by atoms with E-state index >= 15 is 0 Å². The Morgan fingerprint density at radius 1 is 1.47 bits per heavy atom. The molecule has 0 radical (unpaired) electrons. The van der Waals surface area contributed by atoms with Gasteiger partial charge in [0.05, 0.1) is 5.60 Å². The highest BCUT2D eigenvalue weighted by molar-refractivity contribution is 7.89. The Labute approximate surface area is 114 Å². The lowest BCUT2D eigenvalue weighted by atomic mass is 10.0. The summed E-state index contributed by atoms with van der Waals surface area (Å²) in [5.74, 6) is 0.656. The number of rotatable bonds is 7. The van der Waals surface area contributed by atoms with Crippen LogP contribution in [0.2, 0.25) is 0 Å². The third kappa shape index (κ3) is 4.29. The molecule has 110 valence electrons. The number of imidazole rings is 1. The van der Waals surface area contributed by atoms with Gasteiger partial charge in [0.15, 0.2) is 5.03 Å². The summed E-state index contributed by atoms with van der Waals surface area (Å²) in [6.07, 6.45) is 2.84. The molecule has 6 nitrogen and oxygen atoms in total. The summed E-state index contributed by atoms with van der Waals surface area (Å²) in [5, 5.41) is 9.98. The highest BCUT2D eigenvalue weighted by Gasteiger charge is 2.25. The van der Waals surface area contributed by atoms with E-state index in [0.717, 1.165) is 6.42 Å². The summed E-state index contributed by atoms with van der Waals surface area (Å²) in [4.78, 5) is 4.03. The molecule has 1 aromatic rings. The quantitative estimate of drug-likeness (QED) is 0.785. The maximum Gasteiger partial charge on any atom is 0.259 e. The third-order valence-corrected chi connectivity index (χ3v) is 4.27. The van der Waals surface area contributed by atoms with Crippen molar-refractivity contribution < 1.29 is 13.5 Å². The second kappa shape index (κ2) is 6.02. The van der Waals surface area contributed by atoms with Gasteiger partial charge in [0.1, 0.15) is 5.82 Å². The molecule has 1 atom stereocenters. The maximum absolute atomic E-state index is 12.1. The van der Waals surface area contributed by atoms with Gasteiger partial charge in [-0.15, -0.1) is 0 Å². The van der Waals surface area contributed by atoms with Crippen molar-refractivity contribution in [1.29, 1.82) is 0 Å². The van der Waals surface area contributed by atoms with Crippen molar-refractivity contribution in [3.8, 4) is 0 Å². The zero-order valence-electron chi connectivity index (χ0n) is 12.0. The Morgan fingerprint density at radius 3 is 2.58 bits per heavy atom. The minimum Gasteiger partial charge on any atom is -0.389 e. The van der Waals surface area contributed by atoms with E-state index in [9.17, 15) is 13.5 Å². The first-order chi connectivity index (χ1) is 8.72. The first kappa shape index (κ1) is 16.1. The van der Waals surface area contributed by atoms with E-state index in [-0.39, 0.29) is 11.6 Å². The monoisotopic (exact) mass is 289 g/mol. The molecule has 1 heterocycles. The van der Waals surface area contributed by atoms with Crippen LogP contribution in [0.15, 0.2) is 11.2 Å². The second-order valence-corrected chi connectivity index (χ2v) is 6.70. The molecule has 0 saturated heterocycles. The molecule has 0 aromatic carbocycles. The van der Waals surface area contributed by atoms with Crippen LogP contribution < -0.4 is 4.72 Å². The molecule has 1 unspecified atom stereocenters. The standard InChI is InChI=1S/C12H23N3O3S/c1-5-7-12(4,16)9-13-19(17,18)11-8-15(6-2)10(3)14-11/h8,13,16H,5-7,9H2,1-4H3. The van der Waals surface area contributed by atoms with Crippen molar-refractivity contribution in [3.63, 3.8) is 0 Å². The fourth-order valence-electron chi connectivity index (χ4n) is 1.88. The van der Waals surface area contributed by atoms with Crippen LogP contribution in [0.4, 0.5) is 0 Å². The second-order valence-electron chi connectivity index (χ2n) is 4.98. The summed E-state index contributed by atoms with van der Waals surface area (Å²) in [7, 11) is -3.67. The fraction of sp³-hybridized carbons (Fsp3) is 0.750. The molecule has 2 N–H and O–H groups in total. The van der Waals surface area contributed by atoms with Gasteiger partial charge in [0.2, 0.25) is 0 Å². The molecule has 0 aliphatic carbocycles. The van der Waals surface area contributed by atoms with Crippen LogP contribution in [0, 0.1) is 6.92 Å². The van der Waals surface area contributed by atoms with Crippen molar-refractivity contribution in [2.45, 2.75) is 57.7 Å². The number of aryl methyl sites for hydroxylation is 2. The van der Waals surface area contributed by atoms with Crippen LogP contribution in [-0.2, 0) is 16.6 Å². The first-order valence-electron chi connectivity index (χ1n) is 6.47. The summed E-state index contributed by atoms with van der Waals surface area (Å²) >= 11 is 0. The third-order valence-electron chi connectivity index (χ3n) is 3.00. The van der Waals surface area contributed by atoms with Crippen molar-refractivity contribution >= 4 is 10.0 Å². The van der Waals surface area contributed by atoms with Gasteiger partial charge in [-0.05, 0) is 27.2 Å². The zero-order valence-corrected chi connectivity index (χ0v) is 12.8. The summed E-state index contributed by atoms with van der Waals surface area (Å²) in [6.45, 7) is 7.90. The van der Waals surface area contributed by atoms with E-state index in [1.807, 2.05) is 13.8 Å². The lowest BCUT2D eigenvalue weighted by molar-refractivity contribution is 0.0554. The van der Waals surface area contributed by atoms with Crippen LogP contribution in [0.25, 0.3) is 0 Å². The molecule has 0 bridgehead atoms. The summed E-state index contributed by atoms with van der Waals surface area (Å²) in [6, 6.07) is 0. The molecule has 7 heteroatoms. The molecule has 0 aliphatic heterocycles. The van der Waals surface area contributed by atoms with Crippen LogP contribution in [0.3, 0.4) is 0 Å². The number of hydrogen-bond donors (Lipinski definition) is 2. The predicted octanol–water partition coefficient (Wildman–Crippen LogP) is 1.04. The van der Waals surface area contributed by atoms with Gasteiger partial charge in [0, 0.05) is 19.3 Å². The molecule has 0 spiro atoms. The molecule has 1 rings (SSSR count). The van der Waals surface area contributed by atoms with Crippen LogP contribution in [-0.4, -0.2) is 35.2 Å². The van der Waals surface area contributed by atoms with E-state index in [1.165, 1.54) is 6.20 Å². The van der Waals surface area contributed by atoms with E-state index in [1.54, 1.807) is 18.4 Å². The average molecular weight is 289 g/mol. The number of hydrogen-bond acceptors (Lipinski definition) is 4. The Balaban J connectivity index is 2.81. The van der Waals surface area contributed by atoms with Gasteiger partial charge in [-0.1, -0.05) is 13.3 Å². The summed E-state index contributed by atoms with van der Waals surface area (Å²) < 4.78 is 28.3. The molecule has 0 amide bonds. The van der Waals surface area contributed by atoms with E-state index in [4.69, 9.17) is 0 Å². The Bertz CT molecular complexity index is 520. The molecular weight excluding hydrogens is 266 g/mol. The maximum atomic E-state index is 12.1. The molecule has 19 heavy (non-hydrogen) atoms. The SMILES string of the molecule is CCCC(C)(O)CNS(=O)(=O)c1cn(CC)c(C)n1. The van der Waals surface area contributed by atoms with Crippen LogP contribution in [0.5, 0.6) is 0 Å². The number of aliphatic hydroxyl groups is 1. The smallest absolute Gasteiger partial charge is 0.259 e. The largest absolute Gasteiger partial charge is 0.389 e. The van der Waals surface area contributed by atoms with Gasteiger partial charge in [-0.25, -0.2) is 18.1 Å². The highest BCUT2D eigenvalue weighted by atomic mass is 32.2. The number of nitrogens with one attached hydrogen (secondary N) is 1. The average Bonchev–Trinajstić information content (AvgIpc) is 2.69. The zero-order chi connectivity index (χ0) is 14.7. The topological polar surface area (TPSA) is 84.2 Å². The van der Waals surface area contributed by atoms with Crippen LogP contribution in [0.1, 0.15) is 39.4 Å². The number of nitrogens with zero attached hydrogens (tertiary/aromatic N) is 2. The van der Waals surface area contributed by atoms with Crippen molar-refractivity contribution in [2.75, 3.05) is 6.54 Å². The van der Waals surface area contributed by atoms with Crippen molar-refractivity contribution in [2.24, 2.45) is 0 Å². The molecule has 0 fully saturated rings. The predicted molar refractivity (Wildman–Crippen MR) is 73.4 cm³/mol. The van der Waals surface area contributed by atoms with Gasteiger partial charge < -0.3 is 9.67 Å². The molecule has 1 aromatic heterocycles. The lowest BCUT2D eigenvalue weighted by Crippen LogP contribution is -2.40. The highest BCUT2D eigenvalue weighted by Crippen LogP contribution is 2.13. The van der Waals surface area contributed by atoms with Crippen molar-refractivity contribution in [1.82, 2.24) is 14.3 Å². The van der Waals surface area contributed by atoms with Crippen LogP contribution >= 0.6 is 0 Å². The minimum atomic E-state index is -3.67. The Hall–Kier alpha value is -0.920. The first-order valence-corrected chi connectivity index (χ1v) is 7.96. The van der Waals surface area contributed by atoms with Gasteiger partial charge in [-0.3, -0.25) is 0 Å². The van der Waals surface area contributed by atoms with E-state index in [0.29, 0.717) is 18.8 Å². The van der Waals surface area contributed by atoms with E-state index in [2.05, 4.69) is 9.71 Å². The van der Waals surface area contributed by atoms with E-state index < -0.39 is 15.6 Å². The van der Waals surface area contributed by atoms with Gasteiger partial charge in [0.25, 0.3) is 10.0 Å². The molecule has 0 saturated carbocycles. The lowest BCUT2D eigenvalue weighted by Gasteiger charge is -2.22. The minimum absolute atomic E-state index is 0.000788. The number of aromatic nitrogens is 2. The summed E-state index contributed by atoms with van der Waals surface area (Å²) in [5.41, 5.74) is -1.04. The fourth-order valence-corrected chi connectivity index (χ4v) is 3.05. The van der Waals surface area contributed by atoms with Gasteiger partial charge >= 0.3 is 0 Å². The van der Waals surface area contributed by atoms with Gasteiger partial charge in [-0.2, -0.15) is 0 Å². The Morgan fingerprint density at radius 2 is 2.11 bits per heavy atom. The normalized spacial score (nSPS) is 15.4. The molecular formula is C12H23N3O3S. The Kier molecular flexibility index (Phi) is 5.11. The van der Waals surface area contributed by atoms with Crippen molar-refractivity contribution in [3.05, 3.63) is 12.0 Å².